The van der Waals surface area contributed by atoms with Crippen molar-refractivity contribution >= 4 is 23.1 Å². The van der Waals surface area contributed by atoms with E-state index in [1.165, 1.54) is 0 Å². The van der Waals surface area contributed by atoms with Crippen molar-refractivity contribution in [3.8, 4) is 0 Å². The molecule has 2 aromatic heterocycles. The maximum absolute atomic E-state index is 11.7. The van der Waals surface area contributed by atoms with Gasteiger partial charge in [0, 0.05) is 6.20 Å². The lowest BCUT2D eigenvalue weighted by Gasteiger charge is -2.13. The van der Waals surface area contributed by atoms with Crippen LogP contribution in [0, 0.1) is 0 Å². The number of imidazole rings is 1. The van der Waals surface area contributed by atoms with Crippen molar-refractivity contribution in [1.82, 2.24) is 14.5 Å². The second kappa shape index (κ2) is 4.40. The summed E-state index contributed by atoms with van der Waals surface area (Å²) in [7, 11) is 0. The highest BCUT2D eigenvalue weighted by molar-refractivity contribution is 5.80. The Kier molecular flexibility index (Phi) is 2.95. The van der Waals surface area contributed by atoms with Gasteiger partial charge in [-0.2, -0.15) is 0 Å². The van der Waals surface area contributed by atoms with Crippen LogP contribution in [0.1, 0.15) is 19.9 Å². The molecule has 1 unspecified atom stereocenters. The standard InChI is InChI=1S/C11H14N4O2/c1-3-17-10(16)7(2)15-9-8(14-11(15)12)5-4-6-13-9/h4-7H,3H2,1-2H3,(H2,12,14). The molecular formula is C11H14N4O2. The number of hydrogen-bond donors (Lipinski definition) is 1. The van der Waals surface area contributed by atoms with Crippen LogP contribution in [0.15, 0.2) is 18.3 Å². The predicted molar refractivity (Wildman–Crippen MR) is 63.3 cm³/mol. The van der Waals surface area contributed by atoms with Gasteiger partial charge in [-0.3, -0.25) is 4.57 Å². The molecule has 2 heterocycles. The lowest BCUT2D eigenvalue weighted by Crippen LogP contribution is -2.20. The number of carbonyl (C=O) groups is 1. The Labute approximate surface area is 98.4 Å². The Morgan fingerprint density at radius 2 is 2.41 bits per heavy atom. The summed E-state index contributed by atoms with van der Waals surface area (Å²) >= 11 is 0. The van der Waals surface area contributed by atoms with Gasteiger partial charge in [-0.15, -0.1) is 0 Å². The summed E-state index contributed by atoms with van der Waals surface area (Å²) in [6, 6.07) is 3.04. The molecule has 0 aliphatic rings. The topological polar surface area (TPSA) is 83.0 Å². The number of fused-ring (bicyclic) bond motifs is 1. The Morgan fingerprint density at radius 1 is 1.65 bits per heavy atom. The largest absolute Gasteiger partial charge is 0.464 e. The normalized spacial score (nSPS) is 12.6. The highest BCUT2D eigenvalue weighted by Gasteiger charge is 2.21. The summed E-state index contributed by atoms with van der Waals surface area (Å²) in [4.78, 5) is 20.0. The monoisotopic (exact) mass is 234 g/mol. The lowest BCUT2D eigenvalue weighted by molar-refractivity contribution is -0.146. The zero-order valence-corrected chi connectivity index (χ0v) is 9.75. The van der Waals surface area contributed by atoms with E-state index in [-0.39, 0.29) is 11.9 Å². The molecule has 0 radical (unpaired) electrons. The van der Waals surface area contributed by atoms with Crippen molar-refractivity contribution < 1.29 is 9.53 Å². The summed E-state index contributed by atoms with van der Waals surface area (Å²) in [6.07, 6.45) is 1.64. The molecule has 0 saturated heterocycles. The van der Waals surface area contributed by atoms with E-state index in [1.54, 1.807) is 36.7 Å². The van der Waals surface area contributed by atoms with E-state index in [2.05, 4.69) is 9.97 Å². The third-order valence-electron chi connectivity index (χ3n) is 2.49. The van der Waals surface area contributed by atoms with Gasteiger partial charge < -0.3 is 10.5 Å². The smallest absolute Gasteiger partial charge is 0.329 e. The second-order valence-corrected chi connectivity index (χ2v) is 3.61. The number of aromatic nitrogens is 3. The first-order chi connectivity index (χ1) is 8.15. The number of ether oxygens (including phenoxy) is 1. The van der Waals surface area contributed by atoms with Crippen molar-refractivity contribution in [2.45, 2.75) is 19.9 Å². The maximum atomic E-state index is 11.7. The van der Waals surface area contributed by atoms with Crippen LogP contribution in [0.5, 0.6) is 0 Å². The molecule has 0 aromatic carbocycles. The first kappa shape index (κ1) is 11.4. The molecule has 90 valence electrons. The van der Waals surface area contributed by atoms with Crippen molar-refractivity contribution in [2.24, 2.45) is 0 Å². The third-order valence-corrected chi connectivity index (χ3v) is 2.49. The summed E-state index contributed by atoms with van der Waals surface area (Å²) in [5.41, 5.74) is 7.05. The van der Waals surface area contributed by atoms with E-state index in [0.717, 1.165) is 0 Å². The molecule has 6 nitrogen and oxygen atoms in total. The number of nitrogen functional groups attached to an aromatic ring is 1. The Bertz CT molecular complexity index is 549. The van der Waals surface area contributed by atoms with E-state index in [4.69, 9.17) is 10.5 Å². The molecule has 0 amide bonds. The molecule has 6 heteroatoms. The molecule has 1 atom stereocenters. The number of carbonyl (C=O) groups excluding carboxylic acids is 1. The van der Waals surface area contributed by atoms with E-state index >= 15 is 0 Å². The van der Waals surface area contributed by atoms with Crippen LogP contribution < -0.4 is 5.73 Å². The number of nitrogens with zero attached hydrogens (tertiary/aromatic N) is 3. The van der Waals surface area contributed by atoms with Crippen LogP contribution in [0.25, 0.3) is 11.2 Å². The quantitative estimate of drug-likeness (QED) is 0.805. The minimum absolute atomic E-state index is 0.263. The summed E-state index contributed by atoms with van der Waals surface area (Å²) in [5, 5.41) is 0. The van der Waals surface area contributed by atoms with Gasteiger partial charge in [0.25, 0.3) is 0 Å². The fourth-order valence-corrected chi connectivity index (χ4v) is 1.70. The molecule has 0 saturated carbocycles. The van der Waals surface area contributed by atoms with E-state index < -0.39 is 6.04 Å². The van der Waals surface area contributed by atoms with Crippen molar-refractivity contribution in [3.05, 3.63) is 18.3 Å². The second-order valence-electron chi connectivity index (χ2n) is 3.61. The van der Waals surface area contributed by atoms with Gasteiger partial charge in [0.2, 0.25) is 5.95 Å². The van der Waals surface area contributed by atoms with Crippen LogP contribution in [-0.4, -0.2) is 27.1 Å². The fourth-order valence-electron chi connectivity index (χ4n) is 1.70. The summed E-state index contributed by atoms with van der Waals surface area (Å²) in [6.45, 7) is 3.81. The molecule has 0 aliphatic carbocycles. The predicted octanol–water partition coefficient (Wildman–Crippen LogP) is 1.14. The van der Waals surface area contributed by atoms with Crippen LogP contribution in [0.2, 0.25) is 0 Å². The molecule has 2 aromatic rings. The number of nitrogens with two attached hydrogens (primary N) is 1. The number of pyridine rings is 1. The molecule has 0 aliphatic heterocycles. The Morgan fingerprint density at radius 3 is 3.12 bits per heavy atom. The number of esters is 1. The average Bonchev–Trinajstić information content (AvgIpc) is 2.64. The lowest BCUT2D eigenvalue weighted by atomic mass is 10.3. The highest BCUT2D eigenvalue weighted by Crippen LogP contribution is 2.21. The van der Waals surface area contributed by atoms with E-state index in [0.29, 0.717) is 17.8 Å². The van der Waals surface area contributed by atoms with Crippen molar-refractivity contribution in [1.29, 1.82) is 0 Å². The zero-order chi connectivity index (χ0) is 12.4. The zero-order valence-electron chi connectivity index (χ0n) is 9.75. The SMILES string of the molecule is CCOC(=O)C(C)n1c(N)nc2cccnc21. The highest BCUT2D eigenvalue weighted by atomic mass is 16.5. The minimum Gasteiger partial charge on any atom is -0.464 e. The van der Waals surface area contributed by atoms with Gasteiger partial charge in [-0.1, -0.05) is 0 Å². The summed E-state index contributed by atoms with van der Waals surface area (Å²) in [5.74, 6) is -0.0802. The molecular weight excluding hydrogens is 220 g/mol. The molecule has 0 bridgehead atoms. The Balaban J connectivity index is 2.47. The van der Waals surface area contributed by atoms with Crippen molar-refractivity contribution in [3.63, 3.8) is 0 Å². The molecule has 17 heavy (non-hydrogen) atoms. The van der Waals surface area contributed by atoms with Crippen molar-refractivity contribution in [2.75, 3.05) is 12.3 Å². The summed E-state index contributed by atoms with van der Waals surface area (Å²) < 4.78 is 6.54. The molecule has 2 N–H and O–H groups in total. The molecule has 0 spiro atoms. The molecule has 0 fully saturated rings. The third kappa shape index (κ3) is 1.93. The Hall–Kier alpha value is -2.11. The number of rotatable bonds is 3. The fraction of sp³-hybridized carbons (Fsp3) is 0.364. The molecule has 2 rings (SSSR count). The van der Waals surface area contributed by atoms with Gasteiger partial charge in [-0.25, -0.2) is 14.8 Å². The first-order valence-corrected chi connectivity index (χ1v) is 5.40. The average molecular weight is 234 g/mol. The maximum Gasteiger partial charge on any atom is 0.329 e. The van der Waals surface area contributed by atoms with Gasteiger partial charge in [-0.05, 0) is 26.0 Å². The number of anilines is 1. The van der Waals surface area contributed by atoms with Gasteiger partial charge in [0.05, 0.1) is 6.61 Å². The van der Waals surface area contributed by atoms with Gasteiger partial charge in [0.15, 0.2) is 5.65 Å². The first-order valence-electron chi connectivity index (χ1n) is 5.40. The van der Waals surface area contributed by atoms with Crippen LogP contribution in [0.3, 0.4) is 0 Å². The van der Waals surface area contributed by atoms with E-state index in [1.807, 2.05) is 0 Å². The van der Waals surface area contributed by atoms with Gasteiger partial charge >= 0.3 is 5.97 Å². The van der Waals surface area contributed by atoms with Crippen LogP contribution in [-0.2, 0) is 9.53 Å². The van der Waals surface area contributed by atoms with Gasteiger partial charge in [0.1, 0.15) is 11.6 Å². The number of hydrogen-bond acceptors (Lipinski definition) is 5. The minimum atomic E-state index is -0.533. The van der Waals surface area contributed by atoms with Crippen LogP contribution >= 0.6 is 0 Å². The van der Waals surface area contributed by atoms with Crippen LogP contribution in [0.4, 0.5) is 5.95 Å². The van der Waals surface area contributed by atoms with E-state index in [9.17, 15) is 4.79 Å².